The van der Waals surface area contributed by atoms with Crippen LogP contribution in [0.1, 0.15) is 41.9 Å². The molecule has 0 aliphatic carbocycles. The van der Waals surface area contributed by atoms with E-state index in [1.807, 2.05) is 31.3 Å². The zero-order valence-electron chi connectivity index (χ0n) is 13.2. The third-order valence-electron chi connectivity index (χ3n) is 3.94. The summed E-state index contributed by atoms with van der Waals surface area (Å²) in [6, 6.07) is 3.34. The Morgan fingerprint density at radius 1 is 1.48 bits per heavy atom. The molecule has 3 heterocycles. The van der Waals surface area contributed by atoms with E-state index in [0.29, 0.717) is 24.1 Å². The lowest BCUT2D eigenvalue weighted by Gasteiger charge is -2.24. The van der Waals surface area contributed by atoms with E-state index in [2.05, 4.69) is 10.1 Å². The van der Waals surface area contributed by atoms with Gasteiger partial charge in [-0.2, -0.15) is 5.10 Å². The first-order valence-electron chi connectivity index (χ1n) is 7.69. The molecule has 7 heteroatoms. The zero-order valence-corrected chi connectivity index (χ0v) is 14.0. The predicted molar refractivity (Wildman–Crippen MR) is 86.6 cm³/mol. The van der Waals surface area contributed by atoms with Crippen molar-refractivity contribution in [1.29, 1.82) is 0 Å². The monoisotopic (exact) mass is 334 g/mol. The van der Waals surface area contributed by atoms with Crippen LogP contribution in [0.2, 0.25) is 5.02 Å². The Hall–Kier alpha value is -2.08. The highest BCUT2D eigenvalue weighted by Crippen LogP contribution is 2.33. The average Bonchev–Trinajstić information content (AvgIpc) is 3.17. The molecule has 23 heavy (non-hydrogen) atoms. The summed E-state index contributed by atoms with van der Waals surface area (Å²) in [4.78, 5) is 19.0. The van der Waals surface area contributed by atoms with Gasteiger partial charge in [-0.25, -0.2) is 4.98 Å². The van der Waals surface area contributed by atoms with E-state index in [4.69, 9.17) is 16.3 Å². The molecule has 1 aliphatic rings. The number of hydrogen-bond acceptors (Lipinski definition) is 4. The van der Waals surface area contributed by atoms with Crippen LogP contribution in [0.15, 0.2) is 24.5 Å². The molecule has 0 bridgehead atoms. The largest absolute Gasteiger partial charge is 0.478 e. The second-order valence-corrected chi connectivity index (χ2v) is 5.92. The minimum Gasteiger partial charge on any atom is -0.478 e. The van der Waals surface area contributed by atoms with E-state index in [-0.39, 0.29) is 17.6 Å². The first-order valence-corrected chi connectivity index (χ1v) is 8.06. The summed E-state index contributed by atoms with van der Waals surface area (Å²) in [6.07, 6.45) is 5.62. The van der Waals surface area contributed by atoms with Gasteiger partial charge in [0.15, 0.2) is 5.69 Å². The molecule has 1 atom stereocenters. The number of rotatable bonds is 4. The number of aromatic nitrogens is 3. The molecule has 0 aromatic carbocycles. The molecule has 122 valence electrons. The van der Waals surface area contributed by atoms with Crippen molar-refractivity contribution in [2.24, 2.45) is 7.05 Å². The topological polar surface area (TPSA) is 60.2 Å². The molecule has 1 aliphatic heterocycles. The van der Waals surface area contributed by atoms with Crippen LogP contribution in [-0.4, -0.2) is 38.7 Å². The molecule has 1 fully saturated rings. The maximum Gasteiger partial charge on any atom is 0.274 e. The first kappa shape index (κ1) is 15.8. The maximum absolute atomic E-state index is 12.9. The maximum atomic E-state index is 12.9. The molecule has 0 radical (unpaired) electrons. The van der Waals surface area contributed by atoms with Crippen LogP contribution in [0.25, 0.3) is 0 Å². The van der Waals surface area contributed by atoms with E-state index in [0.717, 1.165) is 18.4 Å². The van der Waals surface area contributed by atoms with E-state index >= 15 is 0 Å². The van der Waals surface area contributed by atoms with E-state index in [1.54, 1.807) is 16.8 Å². The van der Waals surface area contributed by atoms with Crippen LogP contribution in [-0.2, 0) is 7.05 Å². The fourth-order valence-corrected chi connectivity index (χ4v) is 3.09. The Morgan fingerprint density at radius 3 is 3.00 bits per heavy atom. The van der Waals surface area contributed by atoms with Gasteiger partial charge in [0.1, 0.15) is 0 Å². The first-order chi connectivity index (χ1) is 11.1. The lowest BCUT2D eigenvalue weighted by molar-refractivity contribution is 0.0728. The number of halogens is 1. The van der Waals surface area contributed by atoms with Crippen molar-refractivity contribution in [2.45, 2.75) is 25.8 Å². The molecule has 2 aromatic rings. The van der Waals surface area contributed by atoms with Gasteiger partial charge in [-0.15, -0.1) is 0 Å². The van der Waals surface area contributed by atoms with Crippen molar-refractivity contribution >= 4 is 17.5 Å². The number of likely N-dealkylation sites (tertiary alicyclic amines) is 1. The summed E-state index contributed by atoms with van der Waals surface area (Å²) in [5.41, 5.74) is 1.28. The molecular formula is C16H19ClN4O2. The smallest absolute Gasteiger partial charge is 0.274 e. The standard InChI is InChI=1S/C16H19ClN4O2/c1-3-23-14-7-6-12(17)15(19-14)16(22)21-8-4-5-13(21)11-9-18-20(2)10-11/h6-7,9-10,13H,3-5,8H2,1-2H3. The fourth-order valence-electron chi connectivity index (χ4n) is 2.91. The molecule has 0 saturated carbocycles. The number of carbonyl (C=O) groups excluding carboxylic acids is 1. The van der Waals surface area contributed by atoms with E-state index < -0.39 is 0 Å². The molecule has 1 amide bonds. The second kappa shape index (κ2) is 6.58. The Kier molecular flexibility index (Phi) is 4.52. The van der Waals surface area contributed by atoms with Crippen LogP contribution in [0.5, 0.6) is 5.88 Å². The van der Waals surface area contributed by atoms with Crippen LogP contribution >= 0.6 is 11.6 Å². The summed E-state index contributed by atoms with van der Waals surface area (Å²) in [6.45, 7) is 3.05. The van der Waals surface area contributed by atoms with Crippen molar-refractivity contribution in [3.63, 3.8) is 0 Å². The highest BCUT2D eigenvalue weighted by Gasteiger charge is 2.33. The number of carbonyl (C=O) groups is 1. The summed E-state index contributed by atoms with van der Waals surface area (Å²) in [5, 5.41) is 4.54. The normalized spacial score (nSPS) is 17.5. The van der Waals surface area contributed by atoms with Crippen LogP contribution < -0.4 is 4.74 Å². The predicted octanol–water partition coefficient (Wildman–Crippen LogP) is 2.84. The molecule has 1 saturated heterocycles. The van der Waals surface area contributed by atoms with Gasteiger partial charge in [0, 0.05) is 31.4 Å². The molecule has 1 unspecified atom stereocenters. The SMILES string of the molecule is CCOc1ccc(Cl)c(C(=O)N2CCCC2c2cnn(C)c2)n1. The molecule has 2 aromatic heterocycles. The number of nitrogens with zero attached hydrogens (tertiary/aromatic N) is 4. The quantitative estimate of drug-likeness (QED) is 0.862. The number of aryl methyl sites for hydroxylation is 1. The summed E-state index contributed by atoms with van der Waals surface area (Å²) >= 11 is 6.19. The van der Waals surface area contributed by atoms with Gasteiger partial charge in [-0.05, 0) is 25.8 Å². The molecule has 0 spiro atoms. The van der Waals surface area contributed by atoms with Crippen LogP contribution in [0.3, 0.4) is 0 Å². The average molecular weight is 335 g/mol. The summed E-state index contributed by atoms with van der Waals surface area (Å²) < 4.78 is 7.12. The number of amides is 1. The highest BCUT2D eigenvalue weighted by atomic mass is 35.5. The van der Waals surface area contributed by atoms with Gasteiger partial charge in [0.25, 0.3) is 5.91 Å². The van der Waals surface area contributed by atoms with E-state index in [1.165, 1.54) is 0 Å². The van der Waals surface area contributed by atoms with Crippen molar-refractivity contribution in [3.05, 3.63) is 40.8 Å². The molecule has 6 nitrogen and oxygen atoms in total. The lowest BCUT2D eigenvalue weighted by atomic mass is 10.1. The van der Waals surface area contributed by atoms with Gasteiger partial charge in [-0.1, -0.05) is 11.6 Å². The zero-order chi connectivity index (χ0) is 16.4. The summed E-state index contributed by atoms with van der Waals surface area (Å²) in [5.74, 6) is 0.250. The number of pyridine rings is 1. The Labute approximate surface area is 140 Å². The minimum absolute atomic E-state index is 0.0183. The van der Waals surface area contributed by atoms with Gasteiger partial charge >= 0.3 is 0 Å². The van der Waals surface area contributed by atoms with Gasteiger partial charge in [-0.3, -0.25) is 9.48 Å². The molecular weight excluding hydrogens is 316 g/mol. The van der Waals surface area contributed by atoms with Crippen molar-refractivity contribution in [1.82, 2.24) is 19.7 Å². The highest BCUT2D eigenvalue weighted by molar-refractivity contribution is 6.33. The van der Waals surface area contributed by atoms with Gasteiger partial charge < -0.3 is 9.64 Å². The van der Waals surface area contributed by atoms with Crippen molar-refractivity contribution in [2.75, 3.05) is 13.2 Å². The Morgan fingerprint density at radius 2 is 2.30 bits per heavy atom. The number of hydrogen-bond donors (Lipinski definition) is 0. The fraction of sp³-hybridized carbons (Fsp3) is 0.438. The Balaban J connectivity index is 1.88. The minimum atomic E-state index is -0.164. The second-order valence-electron chi connectivity index (χ2n) is 5.52. The third kappa shape index (κ3) is 3.17. The molecule has 0 N–H and O–H groups in total. The van der Waals surface area contributed by atoms with Gasteiger partial charge in [0.05, 0.1) is 23.9 Å². The summed E-state index contributed by atoms with van der Waals surface area (Å²) in [7, 11) is 1.87. The Bertz CT molecular complexity index is 716. The molecule has 3 rings (SSSR count). The van der Waals surface area contributed by atoms with Crippen molar-refractivity contribution < 1.29 is 9.53 Å². The van der Waals surface area contributed by atoms with Crippen LogP contribution in [0, 0.1) is 0 Å². The van der Waals surface area contributed by atoms with Crippen molar-refractivity contribution in [3.8, 4) is 5.88 Å². The van der Waals surface area contributed by atoms with Crippen LogP contribution in [0.4, 0.5) is 0 Å². The lowest BCUT2D eigenvalue weighted by Crippen LogP contribution is -2.31. The number of ether oxygens (including phenoxy) is 1. The van der Waals surface area contributed by atoms with E-state index in [9.17, 15) is 4.79 Å². The third-order valence-corrected chi connectivity index (χ3v) is 4.24. The van der Waals surface area contributed by atoms with Gasteiger partial charge in [0.2, 0.25) is 5.88 Å².